The van der Waals surface area contributed by atoms with E-state index in [0.717, 1.165) is 85.5 Å². The van der Waals surface area contributed by atoms with E-state index in [0.29, 0.717) is 11.9 Å². The number of carbonyl (C=O) groups excluding carboxylic acids is 1. The van der Waals surface area contributed by atoms with E-state index in [9.17, 15) is 9.90 Å². The summed E-state index contributed by atoms with van der Waals surface area (Å²) >= 11 is 1.60. The highest BCUT2D eigenvalue weighted by atomic mass is 32.1. The lowest BCUT2D eigenvalue weighted by Crippen LogP contribution is -2.47. The summed E-state index contributed by atoms with van der Waals surface area (Å²) < 4.78 is 0. The molecule has 1 unspecified atom stereocenters. The second-order valence-electron chi connectivity index (χ2n) is 12.1. The van der Waals surface area contributed by atoms with Gasteiger partial charge in [-0.25, -0.2) is 9.97 Å². The Morgan fingerprint density at radius 3 is 2.52 bits per heavy atom. The van der Waals surface area contributed by atoms with Gasteiger partial charge in [0, 0.05) is 69.4 Å². The summed E-state index contributed by atoms with van der Waals surface area (Å²) in [6.45, 7) is 10.1. The molecule has 0 bridgehead atoms. The monoisotopic (exact) mass is 615 g/mol. The number of amides is 1. The summed E-state index contributed by atoms with van der Waals surface area (Å²) in [7, 11) is 0. The number of carbonyl (C=O) groups is 1. The lowest BCUT2D eigenvalue weighted by Gasteiger charge is -2.34. The molecule has 4 heterocycles. The quantitative estimate of drug-likeness (QED) is 0.281. The summed E-state index contributed by atoms with van der Waals surface area (Å²) in [5.74, 6) is 1.83. The molecule has 1 saturated carbocycles. The van der Waals surface area contributed by atoms with Crippen LogP contribution in [-0.4, -0.2) is 89.3 Å². The molecule has 1 aromatic carbocycles. The predicted octanol–water partition coefficient (Wildman–Crippen LogP) is 4.47. The number of pyridine rings is 1. The van der Waals surface area contributed by atoms with Gasteiger partial charge in [0.15, 0.2) is 0 Å². The van der Waals surface area contributed by atoms with Crippen LogP contribution in [0.5, 0.6) is 0 Å². The third kappa shape index (κ3) is 7.14. The molecule has 44 heavy (non-hydrogen) atoms. The van der Waals surface area contributed by atoms with E-state index >= 15 is 0 Å². The van der Waals surface area contributed by atoms with E-state index in [-0.39, 0.29) is 23.8 Å². The molecule has 4 aromatic rings. The topological polar surface area (TPSA) is 125 Å². The predicted molar refractivity (Wildman–Crippen MR) is 171 cm³/mol. The number of rotatable bonds is 9. The number of hydrogen-bond acceptors (Lipinski definition) is 10. The molecule has 3 aromatic heterocycles. The number of anilines is 1. The molecule has 1 saturated heterocycles. The SMILES string of the molecule is CC(=O)N1CCN(Cc2cc(NC3CCC(O)CC3)nc([C@H](C)C(C)c3ncc(-c4nnn(-c5ccccc5)n4)s3)c2)CC1. The van der Waals surface area contributed by atoms with Crippen LogP contribution in [0.15, 0.2) is 48.7 Å². The van der Waals surface area contributed by atoms with E-state index in [1.54, 1.807) is 18.3 Å². The third-order valence-electron chi connectivity index (χ3n) is 8.93. The van der Waals surface area contributed by atoms with Crippen LogP contribution < -0.4 is 5.32 Å². The number of para-hydroxylation sites is 1. The molecule has 2 fully saturated rings. The van der Waals surface area contributed by atoms with Gasteiger partial charge in [-0.1, -0.05) is 32.0 Å². The summed E-state index contributed by atoms with van der Waals surface area (Å²) in [5, 5.41) is 27.8. The van der Waals surface area contributed by atoms with Gasteiger partial charge in [-0.3, -0.25) is 9.69 Å². The smallest absolute Gasteiger partial charge is 0.219 e. The van der Waals surface area contributed by atoms with Gasteiger partial charge < -0.3 is 15.3 Å². The van der Waals surface area contributed by atoms with Crippen LogP contribution in [0.25, 0.3) is 16.4 Å². The zero-order valence-corrected chi connectivity index (χ0v) is 26.5. The third-order valence-corrected chi connectivity index (χ3v) is 10.1. The highest BCUT2D eigenvalue weighted by Gasteiger charge is 2.25. The molecule has 12 heteroatoms. The van der Waals surface area contributed by atoms with Crippen molar-refractivity contribution in [2.24, 2.45) is 0 Å². The van der Waals surface area contributed by atoms with Gasteiger partial charge in [0.1, 0.15) is 5.82 Å². The van der Waals surface area contributed by atoms with Gasteiger partial charge in [-0.05, 0) is 60.7 Å². The van der Waals surface area contributed by atoms with Crippen molar-refractivity contribution in [2.45, 2.75) is 77.0 Å². The molecule has 0 spiro atoms. The Morgan fingerprint density at radius 2 is 1.80 bits per heavy atom. The number of aliphatic hydroxyl groups is 1. The van der Waals surface area contributed by atoms with Crippen molar-refractivity contribution >= 4 is 23.1 Å². The molecule has 232 valence electrons. The summed E-state index contributed by atoms with van der Waals surface area (Å²) in [4.78, 5) is 28.5. The molecule has 11 nitrogen and oxygen atoms in total. The van der Waals surface area contributed by atoms with E-state index in [4.69, 9.17) is 9.97 Å². The maximum absolute atomic E-state index is 11.8. The first-order chi connectivity index (χ1) is 21.3. The molecule has 2 aliphatic rings. The number of hydrogen-bond donors (Lipinski definition) is 2. The number of thiazole rings is 1. The Morgan fingerprint density at radius 1 is 1.05 bits per heavy atom. The lowest BCUT2D eigenvalue weighted by molar-refractivity contribution is -0.130. The molecule has 1 amide bonds. The van der Waals surface area contributed by atoms with Crippen molar-refractivity contribution in [1.82, 2.24) is 40.0 Å². The molecule has 2 N–H and O–H groups in total. The van der Waals surface area contributed by atoms with Crippen LogP contribution >= 0.6 is 11.3 Å². The fraction of sp³-hybridized carbons (Fsp3) is 0.500. The van der Waals surface area contributed by atoms with Gasteiger partial charge in [0.05, 0.1) is 21.7 Å². The van der Waals surface area contributed by atoms with E-state index < -0.39 is 0 Å². The average Bonchev–Trinajstić information content (AvgIpc) is 3.73. The summed E-state index contributed by atoms with van der Waals surface area (Å²) in [6, 6.07) is 14.5. The number of tetrazole rings is 1. The maximum atomic E-state index is 11.8. The molecule has 0 radical (unpaired) electrons. The minimum atomic E-state index is -0.196. The van der Waals surface area contributed by atoms with Crippen LogP contribution in [0, 0.1) is 0 Å². The largest absolute Gasteiger partial charge is 0.393 e. The molecule has 2 atom stereocenters. The number of nitrogens with one attached hydrogen (secondary N) is 1. The second-order valence-corrected chi connectivity index (χ2v) is 13.2. The maximum Gasteiger partial charge on any atom is 0.219 e. The number of aromatic nitrogens is 6. The van der Waals surface area contributed by atoms with Gasteiger partial charge in [-0.15, -0.1) is 26.3 Å². The van der Waals surface area contributed by atoms with Crippen LogP contribution in [0.3, 0.4) is 0 Å². The highest BCUT2D eigenvalue weighted by Crippen LogP contribution is 2.37. The van der Waals surface area contributed by atoms with Crippen molar-refractivity contribution in [3.8, 4) is 16.4 Å². The normalized spacial score (nSPS) is 20.8. The van der Waals surface area contributed by atoms with Crippen molar-refractivity contribution < 1.29 is 9.90 Å². The number of piperazine rings is 1. The molecular formula is C32H41N9O2S. The number of aliphatic hydroxyl groups excluding tert-OH is 1. The van der Waals surface area contributed by atoms with Crippen LogP contribution in [-0.2, 0) is 11.3 Å². The Labute approximate surface area is 262 Å². The van der Waals surface area contributed by atoms with Crippen molar-refractivity contribution in [3.63, 3.8) is 0 Å². The molecule has 6 rings (SSSR count). The Bertz CT molecular complexity index is 1540. The zero-order chi connectivity index (χ0) is 30.6. The first-order valence-corrected chi connectivity index (χ1v) is 16.4. The Kier molecular flexibility index (Phi) is 9.29. The number of nitrogens with zero attached hydrogens (tertiary/aromatic N) is 8. The first kappa shape index (κ1) is 30.3. The average molecular weight is 616 g/mol. The van der Waals surface area contributed by atoms with Crippen LogP contribution in [0.4, 0.5) is 5.82 Å². The highest BCUT2D eigenvalue weighted by molar-refractivity contribution is 7.15. The van der Waals surface area contributed by atoms with Crippen LogP contribution in [0.1, 0.15) is 74.6 Å². The van der Waals surface area contributed by atoms with Gasteiger partial charge in [0.25, 0.3) is 0 Å². The zero-order valence-electron chi connectivity index (χ0n) is 25.6. The molecule has 1 aliphatic heterocycles. The minimum absolute atomic E-state index is 0.116. The summed E-state index contributed by atoms with van der Waals surface area (Å²) in [5.41, 5.74) is 3.10. The van der Waals surface area contributed by atoms with Crippen molar-refractivity contribution in [2.75, 3.05) is 31.5 Å². The second kappa shape index (κ2) is 13.5. The fourth-order valence-electron chi connectivity index (χ4n) is 5.97. The summed E-state index contributed by atoms with van der Waals surface area (Å²) in [6.07, 6.45) is 5.15. The van der Waals surface area contributed by atoms with E-state index in [2.05, 4.69) is 51.6 Å². The van der Waals surface area contributed by atoms with Crippen LogP contribution in [0.2, 0.25) is 0 Å². The van der Waals surface area contributed by atoms with Crippen molar-refractivity contribution in [3.05, 3.63) is 64.9 Å². The van der Waals surface area contributed by atoms with Gasteiger partial charge in [0.2, 0.25) is 11.7 Å². The molecular weight excluding hydrogens is 574 g/mol. The van der Waals surface area contributed by atoms with Gasteiger partial charge in [-0.2, -0.15) is 0 Å². The molecule has 1 aliphatic carbocycles. The Balaban J connectivity index is 1.20. The lowest BCUT2D eigenvalue weighted by atomic mass is 9.91. The Hall–Kier alpha value is -3.74. The standard InChI is InChI=1S/C32H41N9O2S/c1-21(22(2)32-33-19-29(44-32)31-36-38-41(37-31)26-7-5-4-6-8-26)28-17-24(20-39-13-15-40(16-14-39)23(3)42)18-30(35-28)34-25-9-11-27(43)12-10-25/h4-8,17-19,21-22,25,27,43H,9-16,20H2,1-3H3,(H,34,35)/t21-,22?,25?,27?/m1/s1. The van der Waals surface area contributed by atoms with Gasteiger partial charge >= 0.3 is 0 Å². The fourth-order valence-corrected chi connectivity index (χ4v) is 6.97. The first-order valence-electron chi connectivity index (χ1n) is 15.6. The number of benzene rings is 1. The van der Waals surface area contributed by atoms with Crippen molar-refractivity contribution in [1.29, 1.82) is 0 Å². The van der Waals surface area contributed by atoms with E-state index in [1.165, 1.54) is 10.4 Å². The minimum Gasteiger partial charge on any atom is -0.393 e. The van der Waals surface area contributed by atoms with E-state index in [1.807, 2.05) is 41.4 Å².